The Hall–Kier alpha value is -3.14. The minimum atomic E-state index is -3.90. The zero-order chi connectivity index (χ0) is 23.9. The third-order valence-corrected chi connectivity index (χ3v) is 8.31. The maximum absolute atomic E-state index is 14.0. The summed E-state index contributed by atoms with van der Waals surface area (Å²) in [5.74, 6) is -0.168. The number of halogens is 2. The topological polar surface area (TPSA) is 85.2 Å². The fourth-order valence-electron chi connectivity index (χ4n) is 4.36. The molecule has 1 aliphatic rings. The van der Waals surface area contributed by atoms with Crippen molar-refractivity contribution < 1.29 is 17.6 Å². The highest BCUT2D eigenvalue weighted by Gasteiger charge is 2.32. The molecule has 1 saturated heterocycles. The van der Waals surface area contributed by atoms with Crippen LogP contribution >= 0.6 is 11.6 Å². The van der Waals surface area contributed by atoms with Crippen molar-refractivity contribution in [2.45, 2.75) is 23.8 Å². The number of hydrogen-bond acceptors (Lipinski definition) is 5. The summed E-state index contributed by atoms with van der Waals surface area (Å²) in [7, 11) is -3.90. The number of piperidine rings is 1. The Morgan fingerprint density at radius 3 is 2.53 bits per heavy atom. The van der Waals surface area contributed by atoms with Gasteiger partial charge in [-0.1, -0.05) is 23.7 Å². The molecule has 0 aliphatic carbocycles. The van der Waals surface area contributed by atoms with E-state index in [1.54, 1.807) is 12.3 Å². The summed E-state index contributed by atoms with van der Waals surface area (Å²) in [4.78, 5) is 20.0. The van der Waals surface area contributed by atoms with Gasteiger partial charge < -0.3 is 4.57 Å². The summed E-state index contributed by atoms with van der Waals surface area (Å²) in [5, 5.41) is 0.569. The van der Waals surface area contributed by atoms with E-state index in [9.17, 15) is 17.6 Å². The largest absolute Gasteiger partial charge is 0.305 e. The number of aromatic nitrogens is 3. The van der Waals surface area contributed by atoms with Crippen LogP contribution in [0.5, 0.6) is 0 Å². The second kappa shape index (κ2) is 8.90. The van der Waals surface area contributed by atoms with Crippen molar-refractivity contribution in [1.82, 2.24) is 18.8 Å². The molecule has 0 amide bonds. The second-order valence-electron chi connectivity index (χ2n) is 8.07. The third kappa shape index (κ3) is 3.89. The molecule has 2 aromatic carbocycles. The molecule has 0 radical (unpaired) electrons. The zero-order valence-corrected chi connectivity index (χ0v) is 19.5. The van der Waals surface area contributed by atoms with Crippen molar-refractivity contribution >= 4 is 39.1 Å². The summed E-state index contributed by atoms with van der Waals surface area (Å²) in [5.41, 5.74) is 2.05. The normalized spacial score (nSPS) is 15.6. The van der Waals surface area contributed by atoms with Gasteiger partial charge in [0.05, 0.1) is 15.5 Å². The summed E-state index contributed by atoms with van der Waals surface area (Å²) in [6, 6.07) is 14.4. The number of carbonyl (C=O) groups is 1. The van der Waals surface area contributed by atoms with Crippen LogP contribution < -0.4 is 0 Å². The first-order chi connectivity index (χ1) is 16.4. The maximum atomic E-state index is 14.0. The molecule has 0 bridgehead atoms. The molecule has 3 heterocycles. The lowest BCUT2D eigenvalue weighted by Crippen LogP contribution is -2.39. The van der Waals surface area contributed by atoms with Crippen molar-refractivity contribution in [3.63, 3.8) is 0 Å². The molecule has 174 valence electrons. The van der Waals surface area contributed by atoms with E-state index in [-0.39, 0.29) is 29.6 Å². The number of sulfonamides is 1. The van der Waals surface area contributed by atoms with Crippen molar-refractivity contribution in [3.8, 4) is 11.4 Å². The van der Waals surface area contributed by atoms with Crippen LogP contribution in [0.1, 0.15) is 29.2 Å². The first kappa shape index (κ1) is 22.6. The highest BCUT2D eigenvalue weighted by molar-refractivity contribution is 7.89. The maximum Gasteiger partial charge on any atom is 0.243 e. The average Bonchev–Trinajstić information content (AvgIpc) is 3.23. The molecule has 34 heavy (non-hydrogen) atoms. The fourth-order valence-corrected chi connectivity index (χ4v) is 6.06. The lowest BCUT2D eigenvalue weighted by atomic mass is 10.1. The van der Waals surface area contributed by atoms with E-state index in [0.717, 1.165) is 17.1 Å². The highest BCUT2D eigenvalue weighted by atomic mass is 35.5. The Bertz CT molecular complexity index is 1500. The minimum absolute atomic E-state index is 0.0493. The molecular weight excluding hydrogens is 479 g/mol. The van der Waals surface area contributed by atoms with Gasteiger partial charge in [0.1, 0.15) is 17.2 Å². The highest BCUT2D eigenvalue weighted by Crippen LogP contribution is 2.36. The van der Waals surface area contributed by atoms with Crippen molar-refractivity contribution in [3.05, 3.63) is 77.2 Å². The Balaban J connectivity index is 1.46. The number of rotatable bonds is 5. The molecule has 0 saturated carbocycles. The van der Waals surface area contributed by atoms with Gasteiger partial charge in [-0.2, -0.15) is 4.31 Å². The number of aldehydes is 1. The number of imidazole rings is 1. The monoisotopic (exact) mass is 498 g/mol. The molecule has 5 rings (SSSR count). The van der Waals surface area contributed by atoms with Crippen LogP contribution in [0, 0.1) is 5.82 Å². The number of carbonyl (C=O) groups excluding carboxylic acids is 1. The predicted molar refractivity (Wildman–Crippen MR) is 127 cm³/mol. The van der Waals surface area contributed by atoms with E-state index in [2.05, 4.69) is 4.98 Å². The fraction of sp³-hybridized carbons (Fsp3) is 0.208. The molecule has 0 N–H and O–H groups in total. The number of fused-ring (bicyclic) bond motifs is 1. The van der Waals surface area contributed by atoms with Gasteiger partial charge in [0.15, 0.2) is 11.9 Å². The van der Waals surface area contributed by atoms with E-state index in [1.807, 2.05) is 34.9 Å². The zero-order valence-electron chi connectivity index (χ0n) is 17.9. The van der Waals surface area contributed by atoms with Gasteiger partial charge in [-0.25, -0.2) is 22.8 Å². The number of pyridine rings is 1. The van der Waals surface area contributed by atoms with Gasteiger partial charge in [-0.05, 0) is 55.3 Å². The van der Waals surface area contributed by atoms with Gasteiger partial charge in [0.25, 0.3) is 0 Å². The molecule has 1 aliphatic heterocycles. The SMILES string of the molecule is O=Cc1ccc(S(=O)(=O)N2CCC(n3c(-c4ccccc4Cl)nc4cccnc43)CC2)cc1F. The van der Waals surface area contributed by atoms with Crippen molar-refractivity contribution in [2.24, 2.45) is 0 Å². The van der Waals surface area contributed by atoms with Gasteiger partial charge in [0, 0.05) is 30.9 Å². The Morgan fingerprint density at radius 2 is 1.82 bits per heavy atom. The quantitative estimate of drug-likeness (QED) is 0.371. The molecule has 0 unspecified atom stereocenters. The Labute approximate surface area is 200 Å². The van der Waals surface area contributed by atoms with Crippen LogP contribution in [-0.2, 0) is 10.0 Å². The lowest BCUT2D eigenvalue weighted by molar-refractivity contribution is 0.111. The van der Waals surface area contributed by atoms with Crippen molar-refractivity contribution in [1.29, 1.82) is 0 Å². The van der Waals surface area contributed by atoms with E-state index in [1.165, 1.54) is 16.4 Å². The number of benzene rings is 2. The van der Waals surface area contributed by atoms with Crippen LogP contribution in [0.4, 0.5) is 4.39 Å². The summed E-state index contributed by atoms with van der Waals surface area (Å²) < 4.78 is 43.6. The smallest absolute Gasteiger partial charge is 0.243 e. The first-order valence-electron chi connectivity index (χ1n) is 10.7. The summed E-state index contributed by atoms with van der Waals surface area (Å²) >= 11 is 6.47. The molecule has 10 heteroatoms. The van der Waals surface area contributed by atoms with E-state index in [0.29, 0.717) is 35.6 Å². The van der Waals surface area contributed by atoms with Crippen LogP contribution in [0.3, 0.4) is 0 Å². The number of nitrogens with zero attached hydrogens (tertiary/aromatic N) is 4. The summed E-state index contributed by atoms with van der Waals surface area (Å²) in [6.07, 6.45) is 3.10. The average molecular weight is 499 g/mol. The van der Waals surface area contributed by atoms with Crippen LogP contribution in [-0.4, -0.2) is 46.6 Å². The molecule has 4 aromatic rings. The Morgan fingerprint density at radius 1 is 1.06 bits per heavy atom. The molecule has 1 fully saturated rings. The van der Waals surface area contributed by atoms with E-state index < -0.39 is 15.8 Å². The summed E-state index contributed by atoms with van der Waals surface area (Å²) in [6.45, 7) is 0.497. The molecule has 2 aromatic heterocycles. The van der Waals surface area contributed by atoms with Crippen LogP contribution in [0.25, 0.3) is 22.6 Å². The van der Waals surface area contributed by atoms with Crippen LogP contribution in [0.15, 0.2) is 65.7 Å². The molecule has 7 nitrogen and oxygen atoms in total. The Kier molecular flexibility index (Phi) is 5.93. The van der Waals surface area contributed by atoms with E-state index >= 15 is 0 Å². The van der Waals surface area contributed by atoms with Gasteiger partial charge in [-0.15, -0.1) is 0 Å². The van der Waals surface area contributed by atoms with Crippen LogP contribution in [0.2, 0.25) is 5.02 Å². The van der Waals surface area contributed by atoms with Gasteiger partial charge in [0.2, 0.25) is 10.0 Å². The van der Waals surface area contributed by atoms with Crippen molar-refractivity contribution in [2.75, 3.05) is 13.1 Å². The number of hydrogen-bond donors (Lipinski definition) is 0. The van der Waals surface area contributed by atoms with Gasteiger partial charge >= 0.3 is 0 Å². The van der Waals surface area contributed by atoms with Gasteiger partial charge in [-0.3, -0.25) is 4.79 Å². The van der Waals surface area contributed by atoms with E-state index in [4.69, 9.17) is 16.6 Å². The second-order valence-corrected chi connectivity index (χ2v) is 10.4. The predicted octanol–water partition coefficient (Wildman–Crippen LogP) is 4.73. The molecule has 0 atom stereocenters. The third-order valence-electron chi connectivity index (χ3n) is 6.09. The minimum Gasteiger partial charge on any atom is -0.305 e. The standard InChI is InChI=1S/C24H20ClFN4O3S/c25-20-5-2-1-4-19(20)23-28-22-6-3-11-27-24(22)30(23)17-9-12-29(13-10-17)34(32,33)18-8-7-16(15-31)21(26)14-18/h1-8,11,14-15,17H,9-10,12-13H2. The molecular formula is C24H20ClFN4O3S. The first-order valence-corrected chi connectivity index (χ1v) is 12.5. The molecule has 0 spiro atoms. The lowest BCUT2D eigenvalue weighted by Gasteiger charge is -2.32.